The van der Waals surface area contributed by atoms with Crippen molar-refractivity contribution >= 4 is 73.9 Å². The molecule has 1 aliphatic heterocycles. The Morgan fingerprint density at radius 2 is 1.58 bits per heavy atom. The summed E-state index contributed by atoms with van der Waals surface area (Å²) in [4.78, 5) is 98.2. The Hall–Kier alpha value is -6.02. The van der Waals surface area contributed by atoms with Gasteiger partial charge in [-0.25, -0.2) is 4.98 Å². The highest BCUT2D eigenvalue weighted by Crippen LogP contribution is 2.26. The molecule has 5 rings (SSSR count). The summed E-state index contributed by atoms with van der Waals surface area (Å²) >= 11 is 0. The van der Waals surface area contributed by atoms with Gasteiger partial charge in [0.1, 0.15) is 30.2 Å². The number of hydrogen-bond acceptors (Lipinski definition) is 10. The summed E-state index contributed by atoms with van der Waals surface area (Å²) in [6, 6.07) is 10.8. The van der Waals surface area contributed by atoms with E-state index in [-0.39, 0.29) is 49.8 Å². The van der Waals surface area contributed by atoms with Crippen LogP contribution in [0, 0.1) is 0 Å². The number of H-pyrrole nitrogens is 2. The minimum Gasteiger partial charge on any atom is -0.370 e. The number of para-hydroxylation sites is 1. The Kier molecular flexibility index (Phi) is 16.2. The van der Waals surface area contributed by atoms with Gasteiger partial charge in [-0.15, -0.1) is 0 Å². The van der Waals surface area contributed by atoms with Crippen LogP contribution in [0.2, 0.25) is 0 Å². The molecule has 1 aliphatic rings. The molecule has 0 radical (unpaired) electrons. The number of carbonyl (C=O) groups excluding carboxylic acids is 6. The van der Waals surface area contributed by atoms with E-state index in [0.29, 0.717) is 18.5 Å². The van der Waals surface area contributed by atoms with Crippen molar-refractivity contribution in [1.29, 1.82) is 0 Å². The number of nitrogens with one attached hydrogen (secondary N) is 6. The largest absolute Gasteiger partial charge is 0.370 e. The quantitative estimate of drug-likeness (QED) is 0.0333. The van der Waals surface area contributed by atoms with Crippen molar-refractivity contribution in [3.63, 3.8) is 0 Å². The maximum absolute atomic E-state index is 14.9. The maximum Gasteiger partial charge on any atom is 0.246 e. The van der Waals surface area contributed by atoms with Gasteiger partial charge in [-0.2, -0.15) is 0 Å². The Bertz CT molecular complexity index is 2090. The lowest BCUT2D eigenvalue weighted by Crippen LogP contribution is -2.61. The first-order valence-corrected chi connectivity index (χ1v) is 21.5. The van der Waals surface area contributed by atoms with Crippen molar-refractivity contribution in [2.75, 3.05) is 24.6 Å². The van der Waals surface area contributed by atoms with Crippen molar-refractivity contribution < 1.29 is 28.8 Å². The Balaban J connectivity index is 1.50. The third kappa shape index (κ3) is 13.0. The summed E-state index contributed by atoms with van der Waals surface area (Å²) in [5, 5.41) is 11.9. The Morgan fingerprint density at radius 1 is 0.881 bits per heavy atom. The zero-order chi connectivity index (χ0) is 42.3. The van der Waals surface area contributed by atoms with Gasteiger partial charge in [-0.3, -0.25) is 33.8 Å². The molecule has 1 saturated heterocycles. The van der Waals surface area contributed by atoms with E-state index < -0.39 is 65.7 Å². The van der Waals surface area contributed by atoms with Gasteiger partial charge < -0.3 is 53.3 Å². The predicted octanol–water partition coefficient (Wildman–Crippen LogP) is 0.00910. The maximum atomic E-state index is 14.9. The van der Waals surface area contributed by atoms with Crippen LogP contribution in [0.15, 0.2) is 78.3 Å². The van der Waals surface area contributed by atoms with Gasteiger partial charge >= 0.3 is 0 Å². The first-order chi connectivity index (χ1) is 28.4. The lowest BCUT2D eigenvalue weighted by atomic mass is 10.0. The van der Waals surface area contributed by atoms with Crippen LogP contribution in [0.3, 0.4) is 0 Å². The second kappa shape index (κ2) is 21.7. The molecule has 20 heteroatoms. The number of carbonyl (C=O) groups is 6. The Labute approximate surface area is 348 Å². The molecule has 0 unspecified atom stereocenters. The van der Waals surface area contributed by atoms with Gasteiger partial charge in [-0.1, -0.05) is 70.1 Å². The smallest absolute Gasteiger partial charge is 0.246 e. The number of hydrogen-bond donors (Lipinski definition) is 9. The number of nitrogens with two attached hydrogens (primary N) is 3. The van der Waals surface area contributed by atoms with Crippen LogP contribution in [0.25, 0.3) is 10.9 Å². The number of aromatic amines is 2. The van der Waals surface area contributed by atoms with E-state index in [2.05, 4.69) is 41.2 Å². The second-order valence-electron chi connectivity index (χ2n) is 14.0. The minimum absolute atomic E-state index is 0.00385. The summed E-state index contributed by atoms with van der Waals surface area (Å²) < 4.78 is 0. The summed E-state index contributed by atoms with van der Waals surface area (Å²) in [6.07, 6.45) is 5.70. The molecule has 2 aromatic carbocycles. The van der Waals surface area contributed by atoms with Crippen LogP contribution in [0.5, 0.6) is 0 Å². The third-order valence-electron chi connectivity index (χ3n) is 9.57. The number of nitrogens with zero attached hydrogens (tertiary/aromatic N) is 3. The topological polar surface area (TPSA) is 289 Å². The standard InChI is InChI=1S/C39H50N12O6S2/c1-23(52)47-31-20-58-59-21-32(38(57)51(14-8-7-13-44-39(41)42)33(34(40)53)16-25-18-45-28-12-6-5-11-27(25)28)50-35(54)29(15-24-9-3-2-4-10-24)48-36(55)30(49-37(31)56)17-26-19-43-22-46-26/h2-6,9-12,18-19,22,29-33,45H,7-8,13-17,20-21H2,1H3,(H2,40,53)(H,43,46)(H,47,52)(H,48,55)(H,49,56)(H,50,54)(H4,41,42,44)/t29-,30+,31+,32+,33+/m1/s1. The lowest BCUT2D eigenvalue weighted by molar-refractivity contribution is -0.142. The van der Waals surface area contributed by atoms with E-state index >= 15 is 0 Å². The molecular formula is C39H50N12O6S2. The molecule has 0 aliphatic carbocycles. The average Bonchev–Trinajstić information content (AvgIpc) is 3.88. The monoisotopic (exact) mass is 846 g/mol. The number of fused-ring (bicyclic) bond motifs is 1. The fourth-order valence-electron chi connectivity index (χ4n) is 6.63. The van der Waals surface area contributed by atoms with Gasteiger partial charge in [0.05, 0.1) is 6.33 Å². The number of unbranched alkanes of at least 4 members (excludes halogenated alkanes) is 1. The summed E-state index contributed by atoms with van der Waals surface area (Å²) in [5.41, 5.74) is 20.0. The van der Waals surface area contributed by atoms with Crippen molar-refractivity contribution in [1.82, 2.24) is 41.1 Å². The number of benzene rings is 2. The van der Waals surface area contributed by atoms with Crippen molar-refractivity contribution in [3.05, 3.63) is 90.1 Å². The number of primary amides is 1. The van der Waals surface area contributed by atoms with Crippen LogP contribution in [0.4, 0.5) is 0 Å². The van der Waals surface area contributed by atoms with Crippen LogP contribution in [0.1, 0.15) is 36.6 Å². The molecule has 12 N–H and O–H groups in total. The first kappa shape index (κ1) is 44.1. The van der Waals surface area contributed by atoms with Gasteiger partial charge in [-0.05, 0) is 30.0 Å². The van der Waals surface area contributed by atoms with Gasteiger partial charge in [0.2, 0.25) is 35.4 Å². The molecule has 6 amide bonds. The van der Waals surface area contributed by atoms with Crippen LogP contribution in [-0.4, -0.2) is 116 Å². The van der Waals surface area contributed by atoms with Crippen molar-refractivity contribution in [3.8, 4) is 0 Å². The number of aliphatic imine (C=N–C) groups is 1. The summed E-state index contributed by atoms with van der Waals surface area (Å²) in [7, 11) is 2.39. The van der Waals surface area contributed by atoms with Crippen LogP contribution in [-0.2, 0) is 48.0 Å². The van der Waals surface area contributed by atoms with Crippen LogP contribution < -0.4 is 38.5 Å². The zero-order valence-corrected chi connectivity index (χ0v) is 34.2. The molecule has 18 nitrogen and oxygen atoms in total. The fourth-order valence-corrected chi connectivity index (χ4v) is 8.95. The lowest BCUT2D eigenvalue weighted by Gasteiger charge is -2.34. The van der Waals surface area contributed by atoms with Crippen molar-refractivity contribution in [2.24, 2.45) is 22.2 Å². The second-order valence-corrected chi connectivity index (χ2v) is 16.6. The highest BCUT2D eigenvalue weighted by atomic mass is 33.1. The van der Waals surface area contributed by atoms with Crippen molar-refractivity contribution in [2.45, 2.75) is 69.2 Å². The van der Waals surface area contributed by atoms with E-state index in [4.69, 9.17) is 17.2 Å². The van der Waals surface area contributed by atoms with E-state index in [1.165, 1.54) is 45.9 Å². The number of rotatable bonds is 15. The molecule has 3 heterocycles. The molecule has 5 atom stereocenters. The number of aromatic nitrogens is 3. The molecule has 314 valence electrons. The highest BCUT2D eigenvalue weighted by molar-refractivity contribution is 8.76. The fraction of sp³-hybridized carbons (Fsp3) is 0.385. The van der Waals surface area contributed by atoms with Gasteiger partial charge in [0.15, 0.2) is 5.96 Å². The summed E-state index contributed by atoms with van der Waals surface area (Å²) in [6.45, 7) is 1.64. The average molecular weight is 847 g/mol. The van der Waals surface area contributed by atoms with Gasteiger partial charge in [0.25, 0.3) is 0 Å². The molecule has 2 aromatic heterocycles. The third-order valence-corrected chi connectivity index (χ3v) is 12.0. The number of imidazole rings is 1. The minimum atomic E-state index is -1.23. The van der Waals surface area contributed by atoms with Gasteiger partial charge in [0, 0.05) is 79.8 Å². The highest BCUT2D eigenvalue weighted by Gasteiger charge is 2.37. The normalized spacial score (nSPS) is 19.6. The molecule has 59 heavy (non-hydrogen) atoms. The number of guanidine groups is 1. The number of amides is 6. The molecule has 0 saturated carbocycles. The molecule has 0 bridgehead atoms. The van der Waals surface area contributed by atoms with E-state index in [1.54, 1.807) is 30.5 Å². The predicted molar refractivity (Wildman–Crippen MR) is 227 cm³/mol. The first-order valence-electron chi connectivity index (χ1n) is 19.0. The van der Waals surface area contributed by atoms with E-state index in [9.17, 15) is 28.8 Å². The molecule has 4 aromatic rings. The molecule has 0 spiro atoms. The molecular weight excluding hydrogens is 797 g/mol. The molecule has 1 fully saturated rings. The SMILES string of the molecule is CC(=O)N[C@H]1CSSC[C@@H](C(=O)N(CCCCN=C(N)N)[C@@H](Cc2c[nH]c3ccccc23)C(N)=O)NC(=O)[C@@H](Cc2ccccc2)NC(=O)[C@H](Cc2cnc[nH]2)NC1=O. The Morgan fingerprint density at radius 3 is 2.29 bits per heavy atom. The zero-order valence-electron chi connectivity index (χ0n) is 32.5. The van der Waals surface area contributed by atoms with E-state index in [1.807, 2.05) is 30.3 Å². The van der Waals surface area contributed by atoms with E-state index in [0.717, 1.165) is 22.0 Å². The summed E-state index contributed by atoms with van der Waals surface area (Å²) in [5.74, 6) is -3.78. The van der Waals surface area contributed by atoms with Crippen LogP contribution >= 0.6 is 21.6 Å².